The average molecular weight is 333 g/mol. The summed E-state index contributed by atoms with van der Waals surface area (Å²) in [5.74, 6) is -0.507. The van der Waals surface area contributed by atoms with E-state index in [0.717, 1.165) is 0 Å². The minimum absolute atomic E-state index is 0.0708. The molecule has 1 aromatic carbocycles. The molecule has 0 radical (unpaired) electrons. The number of rotatable bonds is 4. The van der Waals surface area contributed by atoms with Crippen LogP contribution in [0.2, 0.25) is 0 Å². The third-order valence-electron chi connectivity index (χ3n) is 4.49. The zero-order valence-corrected chi connectivity index (χ0v) is 13.6. The van der Waals surface area contributed by atoms with Crippen LogP contribution < -0.4 is 0 Å². The lowest BCUT2D eigenvalue weighted by Gasteiger charge is -2.22. The Morgan fingerprint density at radius 1 is 1.42 bits per heavy atom. The van der Waals surface area contributed by atoms with Gasteiger partial charge in [-0.2, -0.15) is 5.10 Å². The van der Waals surface area contributed by atoms with Crippen molar-refractivity contribution in [2.45, 2.75) is 25.5 Å². The second kappa shape index (κ2) is 6.70. The van der Waals surface area contributed by atoms with Crippen molar-refractivity contribution in [3.63, 3.8) is 0 Å². The smallest absolute Gasteiger partial charge is 0.257 e. The Morgan fingerprint density at radius 2 is 2.12 bits per heavy atom. The highest BCUT2D eigenvalue weighted by atomic mass is 19.1. The monoisotopic (exact) mass is 333 g/mol. The fourth-order valence-corrected chi connectivity index (χ4v) is 3.08. The quantitative estimate of drug-likeness (QED) is 0.922. The standard InChI is InChI=1S/C17H20FN3O3/c1-11-16(8-19-21(11)13-5-3-12(18)4-6-13)17(23)20-9-15(24-2)7-14(20)10-22/h3-6,8,14-15,22H,7,9-10H2,1-2H3/t14-,15+/m0/s1. The Morgan fingerprint density at radius 3 is 2.75 bits per heavy atom. The van der Waals surface area contributed by atoms with Crippen LogP contribution in [-0.4, -0.2) is 58.1 Å². The Balaban J connectivity index is 1.87. The normalized spacial score (nSPS) is 20.6. The fourth-order valence-electron chi connectivity index (χ4n) is 3.08. The maximum Gasteiger partial charge on any atom is 0.257 e. The number of amides is 1. The zero-order chi connectivity index (χ0) is 17.3. The number of aliphatic hydroxyl groups excluding tert-OH is 1. The number of aliphatic hydroxyl groups is 1. The van der Waals surface area contributed by atoms with Crippen LogP contribution in [0.1, 0.15) is 22.5 Å². The minimum Gasteiger partial charge on any atom is -0.394 e. The van der Waals surface area contributed by atoms with Crippen LogP contribution >= 0.6 is 0 Å². The van der Waals surface area contributed by atoms with E-state index in [1.165, 1.54) is 18.3 Å². The molecule has 0 aliphatic carbocycles. The van der Waals surface area contributed by atoms with Crippen LogP contribution in [0.25, 0.3) is 5.69 Å². The van der Waals surface area contributed by atoms with Gasteiger partial charge in [-0.1, -0.05) is 0 Å². The number of methoxy groups -OCH3 is 1. The van der Waals surface area contributed by atoms with Crippen molar-refractivity contribution in [3.05, 3.63) is 47.5 Å². The van der Waals surface area contributed by atoms with E-state index in [1.807, 2.05) is 0 Å². The Kier molecular flexibility index (Phi) is 4.64. The fraction of sp³-hybridized carbons (Fsp3) is 0.412. The average Bonchev–Trinajstić information content (AvgIpc) is 3.18. The molecule has 3 rings (SSSR count). The largest absolute Gasteiger partial charge is 0.394 e. The summed E-state index contributed by atoms with van der Waals surface area (Å²) in [4.78, 5) is 14.5. The highest BCUT2D eigenvalue weighted by molar-refractivity contribution is 5.95. The number of hydrogen-bond donors (Lipinski definition) is 1. The van der Waals surface area contributed by atoms with Gasteiger partial charge in [-0.05, 0) is 37.6 Å². The van der Waals surface area contributed by atoms with Gasteiger partial charge in [0.25, 0.3) is 5.91 Å². The summed E-state index contributed by atoms with van der Waals surface area (Å²) in [5.41, 5.74) is 1.82. The maximum absolute atomic E-state index is 13.1. The van der Waals surface area contributed by atoms with Gasteiger partial charge in [-0.15, -0.1) is 0 Å². The first kappa shape index (κ1) is 16.6. The topological polar surface area (TPSA) is 67.6 Å². The third kappa shape index (κ3) is 2.92. The zero-order valence-electron chi connectivity index (χ0n) is 13.6. The number of benzene rings is 1. The van der Waals surface area contributed by atoms with Gasteiger partial charge >= 0.3 is 0 Å². The highest BCUT2D eigenvalue weighted by Gasteiger charge is 2.36. The van der Waals surface area contributed by atoms with Gasteiger partial charge in [0.15, 0.2) is 0 Å². The van der Waals surface area contributed by atoms with E-state index in [-0.39, 0.29) is 30.5 Å². The van der Waals surface area contributed by atoms with Gasteiger partial charge < -0.3 is 14.7 Å². The van der Waals surface area contributed by atoms with Gasteiger partial charge in [0.1, 0.15) is 5.82 Å². The van der Waals surface area contributed by atoms with Crippen molar-refractivity contribution in [2.75, 3.05) is 20.3 Å². The number of ether oxygens (including phenoxy) is 1. The van der Waals surface area contributed by atoms with E-state index in [0.29, 0.717) is 29.9 Å². The SMILES string of the molecule is CO[C@@H]1C[C@@H](CO)N(C(=O)c2cnn(-c3ccc(F)cc3)c2C)C1. The summed E-state index contributed by atoms with van der Waals surface area (Å²) in [6.07, 6.45) is 2.05. The Labute approximate surface area is 139 Å². The van der Waals surface area contributed by atoms with Crippen LogP contribution in [0.5, 0.6) is 0 Å². The van der Waals surface area contributed by atoms with Crippen LogP contribution in [0, 0.1) is 12.7 Å². The molecule has 0 bridgehead atoms. The van der Waals surface area contributed by atoms with Gasteiger partial charge in [-0.3, -0.25) is 4.79 Å². The second-order valence-electron chi connectivity index (χ2n) is 5.92. The number of carbonyl (C=O) groups excluding carboxylic acids is 1. The first-order valence-electron chi connectivity index (χ1n) is 7.80. The molecule has 1 amide bonds. The molecule has 0 spiro atoms. The number of likely N-dealkylation sites (tertiary alicyclic amines) is 1. The molecule has 1 saturated heterocycles. The number of nitrogens with zero attached hydrogens (tertiary/aromatic N) is 3. The van der Waals surface area contributed by atoms with E-state index in [1.54, 1.807) is 35.7 Å². The first-order valence-corrected chi connectivity index (χ1v) is 7.80. The van der Waals surface area contributed by atoms with Gasteiger partial charge in [-0.25, -0.2) is 9.07 Å². The molecule has 0 saturated carbocycles. The molecule has 7 heteroatoms. The van der Waals surface area contributed by atoms with Gasteiger partial charge in [0.05, 0.1) is 41.9 Å². The molecule has 2 aromatic rings. The van der Waals surface area contributed by atoms with E-state index in [4.69, 9.17) is 4.74 Å². The summed E-state index contributed by atoms with van der Waals surface area (Å²) in [6, 6.07) is 5.66. The van der Waals surface area contributed by atoms with Crippen molar-refractivity contribution in [1.82, 2.24) is 14.7 Å². The molecule has 2 heterocycles. The molecule has 1 aliphatic rings. The molecular formula is C17H20FN3O3. The summed E-state index contributed by atoms with van der Waals surface area (Å²) in [7, 11) is 1.60. The van der Waals surface area contributed by atoms with Crippen molar-refractivity contribution < 1.29 is 19.0 Å². The number of carbonyl (C=O) groups is 1. The first-order chi connectivity index (χ1) is 11.5. The summed E-state index contributed by atoms with van der Waals surface area (Å²) in [5, 5.41) is 13.8. The van der Waals surface area contributed by atoms with E-state index < -0.39 is 0 Å². The second-order valence-corrected chi connectivity index (χ2v) is 5.92. The van der Waals surface area contributed by atoms with Crippen LogP contribution in [0.3, 0.4) is 0 Å². The highest BCUT2D eigenvalue weighted by Crippen LogP contribution is 2.24. The lowest BCUT2D eigenvalue weighted by atomic mass is 10.2. The Hall–Kier alpha value is -2.25. The number of hydrogen-bond acceptors (Lipinski definition) is 4. The minimum atomic E-state index is -0.326. The van der Waals surface area contributed by atoms with Crippen molar-refractivity contribution in [1.29, 1.82) is 0 Å². The van der Waals surface area contributed by atoms with Crippen LogP contribution in [-0.2, 0) is 4.74 Å². The van der Waals surface area contributed by atoms with Crippen LogP contribution in [0.4, 0.5) is 4.39 Å². The van der Waals surface area contributed by atoms with Gasteiger partial charge in [0, 0.05) is 13.7 Å². The number of aromatic nitrogens is 2. The molecule has 0 unspecified atom stereocenters. The molecule has 24 heavy (non-hydrogen) atoms. The summed E-state index contributed by atoms with van der Waals surface area (Å²) < 4.78 is 20.0. The molecule has 1 fully saturated rings. The molecule has 1 N–H and O–H groups in total. The molecule has 1 aliphatic heterocycles. The van der Waals surface area contributed by atoms with E-state index >= 15 is 0 Å². The summed E-state index contributed by atoms with van der Waals surface area (Å²) in [6.45, 7) is 2.14. The molecule has 128 valence electrons. The number of halogens is 1. The van der Waals surface area contributed by atoms with Crippen LogP contribution in [0.15, 0.2) is 30.5 Å². The lowest BCUT2D eigenvalue weighted by molar-refractivity contribution is 0.0647. The third-order valence-corrected chi connectivity index (χ3v) is 4.49. The summed E-state index contributed by atoms with van der Waals surface area (Å²) >= 11 is 0. The van der Waals surface area contributed by atoms with Gasteiger partial charge in [0.2, 0.25) is 0 Å². The van der Waals surface area contributed by atoms with Crippen molar-refractivity contribution >= 4 is 5.91 Å². The Bertz CT molecular complexity index is 729. The van der Waals surface area contributed by atoms with E-state index in [2.05, 4.69) is 5.10 Å². The molecule has 2 atom stereocenters. The van der Waals surface area contributed by atoms with E-state index in [9.17, 15) is 14.3 Å². The molecular weight excluding hydrogens is 313 g/mol. The predicted octanol–water partition coefficient (Wildman–Crippen LogP) is 1.54. The maximum atomic E-state index is 13.1. The van der Waals surface area contributed by atoms with Crippen molar-refractivity contribution in [3.8, 4) is 5.69 Å². The molecule has 1 aromatic heterocycles. The van der Waals surface area contributed by atoms with Crippen molar-refractivity contribution in [2.24, 2.45) is 0 Å². The lowest BCUT2D eigenvalue weighted by Crippen LogP contribution is -2.38. The molecule has 6 nitrogen and oxygen atoms in total. The predicted molar refractivity (Wildman–Crippen MR) is 85.6 cm³/mol.